The van der Waals surface area contributed by atoms with Crippen molar-refractivity contribution in [1.82, 2.24) is 0 Å². The Morgan fingerprint density at radius 3 is 2.71 bits per heavy atom. The molecule has 1 aliphatic carbocycles. The first-order chi connectivity index (χ1) is 9.93. The lowest BCUT2D eigenvalue weighted by atomic mass is 9.75. The number of hydrogen-bond acceptors (Lipinski definition) is 4. The second-order valence-corrected chi connectivity index (χ2v) is 8.11. The predicted octanol–water partition coefficient (Wildman–Crippen LogP) is 2.26. The normalized spacial score (nSPS) is 24.5. The minimum absolute atomic E-state index is 0.00138. The first kappa shape index (κ1) is 14.5. The molecule has 1 aliphatic heterocycles. The zero-order valence-electron chi connectivity index (χ0n) is 11.6. The van der Waals surface area contributed by atoms with Crippen molar-refractivity contribution in [2.45, 2.75) is 47.9 Å². The standard InChI is InChI=1S/C15H18O5S/c16-14(17)11-3-1-4-12(9-11)21(18,19)13-5-8-20-15(10-13)6-2-7-15/h1,3-4,9,13H,2,5-8,10H2,(H,16,17). The van der Waals surface area contributed by atoms with E-state index in [-0.39, 0.29) is 16.1 Å². The Bertz CT molecular complexity index is 660. The molecule has 1 aromatic rings. The van der Waals surface area contributed by atoms with Crippen molar-refractivity contribution in [3.05, 3.63) is 29.8 Å². The predicted molar refractivity (Wildman–Crippen MR) is 76.1 cm³/mol. The third-order valence-electron chi connectivity index (χ3n) is 4.56. The van der Waals surface area contributed by atoms with E-state index in [4.69, 9.17) is 9.84 Å². The summed E-state index contributed by atoms with van der Waals surface area (Å²) in [6, 6.07) is 5.61. The van der Waals surface area contributed by atoms with Gasteiger partial charge in [-0.3, -0.25) is 0 Å². The zero-order chi connectivity index (χ0) is 15.1. The number of carboxylic acids is 1. The van der Waals surface area contributed by atoms with Crippen molar-refractivity contribution in [2.24, 2.45) is 0 Å². The minimum atomic E-state index is -3.51. The van der Waals surface area contributed by atoms with Gasteiger partial charge in [0.15, 0.2) is 9.84 Å². The number of carbonyl (C=O) groups is 1. The third kappa shape index (κ3) is 2.58. The van der Waals surface area contributed by atoms with Crippen LogP contribution in [0.3, 0.4) is 0 Å². The average molecular weight is 310 g/mol. The number of sulfone groups is 1. The van der Waals surface area contributed by atoms with Gasteiger partial charge in [0, 0.05) is 6.61 Å². The molecule has 2 aliphatic rings. The largest absolute Gasteiger partial charge is 0.478 e. The molecule has 0 radical (unpaired) electrons. The number of benzene rings is 1. The van der Waals surface area contributed by atoms with Crippen LogP contribution in [0.15, 0.2) is 29.2 Å². The summed E-state index contributed by atoms with van der Waals surface area (Å²) in [5.74, 6) is -1.12. The monoisotopic (exact) mass is 310 g/mol. The summed E-state index contributed by atoms with van der Waals surface area (Å²) >= 11 is 0. The Morgan fingerprint density at radius 1 is 1.33 bits per heavy atom. The summed E-state index contributed by atoms with van der Waals surface area (Å²) in [5, 5.41) is 8.52. The summed E-state index contributed by atoms with van der Waals surface area (Å²) in [5.41, 5.74) is -0.248. The quantitative estimate of drug-likeness (QED) is 0.926. The average Bonchev–Trinajstić information content (AvgIpc) is 2.46. The summed E-state index contributed by atoms with van der Waals surface area (Å²) in [6.07, 6.45) is 3.93. The van der Waals surface area contributed by atoms with Crippen molar-refractivity contribution in [3.63, 3.8) is 0 Å². The van der Waals surface area contributed by atoms with Crippen LogP contribution < -0.4 is 0 Å². The van der Waals surface area contributed by atoms with Gasteiger partial charge < -0.3 is 9.84 Å². The summed E-state index contributed by atoms with van der Waals surface area (Å²) in [7, 11) is -3.51. The molecule has 1 aromatic carbocycles. The van der Waals surface area contributed by atoms with Crippen molar-refractivity contribution >= 4 is 15.8 Å². The highest BCUT2D eigenvalue weighted by Gasteiger charge is 2.46. The molecular formula is C15H18O5S. The van der Waals surface area contributed by atoms with Gasteiger partial charge in [-0.05, 0) is 50.3 Å². The SMILES string of the molecule is O=C(O)c1cccc(S(=O)(=O)C2CCOC3(CCC3)C2)c1. The lowest BCUT2D eigenvalue weighted by Gasteiger charge is -2.46. The molecule has 3 rings (SSSR count). The number of aromatic carboxylic acids is 1. The molecule has 1 heterocycles. The topological polar surface area (TPSA) is 80.7 Å². The molecule has 1 N–H and O–H groups in total. The Hall–Kier alpha value is -1.40. The molecule has 1 saturated carbocycles. The highest BCUT2D eigenvalue weighted by atomic mass is 32.2. The van der Waals surface area contributed by atoms with Gasteiger partial charge in [-0.2, -0.15) is 0 Å². The molecular weight excluding hydrogens is 292 g/mol. The number of rotatable bonds is 3. The van der Waals surface area contributed by atoms with Gasteiger partial charge in [0.1, 0.15) is 0 Å². The van der Waals surface area contributed by atoms with Crippen molar-refractivity contribution in [1.29, 1.82) is 0 Å². The van der Waals surface area contributed by atoms with Gasteiger partial charge >= 0.3 is 5.97 Å². The second kappa shape index (κ2) is 5.10. The Morgan fingerprint density at radius 2 is 2.10 bits per heavy atom. The van der Waals surface area contributed by atoms with E-state index in [0.717, 1.165) is 19.3 Å². The summed E-state index contributed by atoms with van der Waals surface area (Å²) in [6.45, 7) is 0.461. The lowest BCUT2D eigenvalue weighted by molar-refractivity contribution is -0.125. The zero-order valence-corrected chi connectivity index (χ0v) is 12.4. The van der Waals surface area contributed by atoms with Crippen LogP contribution in [0, 0.1) is 0 Å². The van der Waals surface area contributed by atoms with Crippen LogP contribution in [0.2, 0.25) is 0 Å². The molecule has 1 atom stereocenters. The van der Waals surface area contributed by atoms with Crippen LogP contribution in [-0.2, 0) is 14.6 Å². The molecule has 6 heteroatoms. The third-order valence-corrected chi connectivity index (χ3v) is 6.75. The molecule has 1 saturated heterocycles. The van der Waals surface area contributed by atoms with E-state index in [1.54, 1.807) is 0 Å². The van der Waals surface area contributed by atoms with Crippen LogP contribution in [0.5, 0.6) is 0 Å². The van der Waals surface area contributed by atoms with Crippen LogP contribution >= 0.6 is 0 Å². The van der Waals surface area contributed by atoms with Crippen LogP contribution in [-0.4, -0.2) is 37.0 Å². The van der Waals surface area contributed by atoms with Crippen LogP contribution in [0.1, 0.15) is 42.5 Å². The van der Waals surface area contributed by atoms with E-state index in [2.05, 4.69) is 0 Å². The van der Waals surface area contributed by atoms with Crippen molar-refractivity contribution in [2.75, 3.05) is 6.61 Å². The highest BCUT2D eigenvalue weighted by molar-refractivity contribution is 7.92. The highest BCUT2D eigenvalue weighted by Crippen LogP contribution is 2.44. The summed E-state index contributed by atoms with van der Waals surface area (Å²) in [4.78, 5) is 11.1. The molecule has 1 spiro atoms. The van der Waals surface area contributed by atoms with E-state index >= 15 is 0 Å². The first-order valence-corrected chi connectivity index (χ1v) is 8.69. The van der Waals surface area contributed by atoms with E-state index in [0.29, 0.717) is 19.4 Å². The van der Waals surface area contributed by atoms with Gasteiger partial charge in [0.25, 0.3) is 0 Å². The van der Waals surface area contributed by atoms with Gasteiger partial charge in [0.2, 0.25) is 0 Å². The van der Waals surface area contributed by atoms with E-state index < -0.39 is 21.1 Å². The van der Waals surface area contributed by atoms with Crippen LogP contribution in [0.25, 0.3) is 0 Å². The number of carboxylic acid groups (broad SMARTS) is 1. The fraction of sp³-hybridized carbons (Fsp3) is 0.533. The summed E-state index contributed by atoms with van der Waals surface area (Å²) < 4.78 is 31.2. The van der Waals surface area contributed by atoms with Crippen molar-refractivity contribution in [3.8, 4) is 0 Å². The minimum Gasteiger partial charge on any atom is -0.478 e. The lowest BCUT2D eigenvalue weighted by Crippen LogP contribution is -2.49. The van der Waals surface area contributed by atoms with Gasteiger partial charge in [-0.15, -0.1) is 0 Å². The maximum Gasteiger partial charge on any atom is 0.335 e. The van der Waals surface area contributed by atoms with Crippen molar-refractivity contribution < 1.29 is 23.1 Å². The van der Waals surface area contributed by atoms with E-state index in [1.807, 2.05) is 0 Å². The Kier molecular flexibility index (Phi) is 3.53. The molecule has 2 fully saturated rings. The first-order valence-electron chi connectivity index (χ1n) is 7.14. The molecule has 0 aromatic heterocycles. The fourth-order valence-corrected chi connectivity index (χ4v) is 5.04. The van der Waals surface area contributed by atoms with E-state index in [9.17, 15) is 13.2 Å². The number of hydrogen-bond donors (Lipinski definition) is 1. The smallest absolute Gasteiger partial charge is 0.335 e. The molecule has 21 heavy (non-hydrogen) atoms. The molecule has 5 nitrogen and oxygen atoms in total. The van der Waals surface area contributed by atoms with E-state index in [1.165, 1.54) is 24.3 Å². The second-order valence-electron chi connectivity index (χ2n) is 5.88. The molecule has 1 unspecified atom stereocenters. The number of ether oxygens (including phenoxy) is 1. The molecule has 114 valence electrons. The maximum absolute atomic E-state index is 12.7. The molecule has 0 bridgehead atoms. The Balaban J connectivity index is 1.89. The molecule has 0 amide bonds. The van der Waals surface area contributed by atoms with Gasteiger partial charge in [-0.25, -0.2) is 13.2 Å². The fourth-order valence-electron chi connectivity index (χ4n) is 3.17. The maximum atomic E-state index is 12.7. The Labute approximate surface area is 123 Å². The van der Waals surface area contributed by atoms with Gasteiger partial charge in [0.05, 0.1) is 21.3 Å². The van der Waals surface area contributed by atoms with Crippen LogP contribution in [0.4, 0.5) is 0 Å². The van der Waals surface area contributed by atoms with Gasteiger partial charge in [-0.1, -0.05) is 6.07 Å².